The summed E-state index contributed by atoms with van der Waals surface area (Å²) in [5.41, 5.74) is 9.27. The number of quaternary nitrogens is 1. The Labute approximate surface area is 212 Å². The van der Waals surface area contributed by atoms with Crippen molar-refractivity contribution < 1.29 is 17.9 Å². The first-order chi connectivity index (χ1) is 17.5. The molecule has 3 aromatic rings. The lowest BCUT2D eigenvalue weighted by Crippen LogP contribution is -2.52. The average Bonchev–Trinajstić information content (AvgIpc) is 3.77. The summed E-state index contributed by atoms with van der Waals surface area (Å²) in [4.78, 5) is 0. The van der Waals surface area contributed by atoms with Crippen molar-refractivity contribution in [2.24, 2.45) is 5.73 Å². The number of benzene rings is 3. The summed E-state index contributed by atoms with van der Waals surface area (Å²) in [7, 11) is -3.47. The maximum Gasteiger partial charge on any atom is 0.309 e. The number of para-hydroxylation sites is 3. The molecule has 7 heteroatoms. The Hall–Kier alpha value is -3.39. The third-order valence-corrected chi connectivity index (χ3v) is 9.28. The Morgan fingerprint density at radius 3 is 2.25 bits per heavy atom. The van der Waals surface area contributed by atoms with Crippen molar-refractivity contribution >= 4 is 15.7 Å². The maximum atomic E-state index is 13.7. The number of nitrogens with two attached hydrogens (primary N) is 1. The van der Waals surface area contributed by atoms with E-state index < -0.39 is 10.0 Å². The van der Waals surface area contributed by atoms with Crippen LogP contribution in [0.1, 0.15) is 19.8 Å². The summed E-state index contributed by atoms with van der Waals surface area (Å²) in [5.74, 6) is 2.02. The number of ether oxygens (including phenoxy) is 2. The monoisotopic (exact) mass is 503 g/mol. The highest BCUT2D eigenvalue weighted by Gasteiger charge is 2.52. The average molecular weight is 504 g/mol. The molecule has 1 aliphatic carbocycles. The molecule has 1 heterocycles. The Morgan fingerprint density at radius 2 is 1.58 bits per heavy atom. The lowest BCUT2D eigenvalue weighted by Gasteiger charge is -2.34. The number of rotatable bonds is 9. The molecule has 1 fully saturated rings. The second-order valence-corrected chi connectivity index (χ2v) is 11.4. The van der Waals surface area contributed by atoms with Crippen molar-refractivity contribution in [3.8, 4) is 28.4 Å². The highest BCUT2D eigenvalue weighted by Crippen LogP contribution is 2.43. The molecule has 0 bridgehead atoms. The summed E-state index contributed by atoms with van der Waals surface area (Å²) in [6.45, 7) is 3.13. The topological polar surface area (TPSA) is 78.6 Å². The van der Waals surface area contributed by atoms with E-state index in [0.29, 0.717) is 55.5 Å². The first-order valence-corrected chi connectivity index (χ1v) is 13.8. The van der Waals surface area contributed by atoms with Crippen LogP contribution >= 0.6 is 0 Å². The molecule has 2 N–H and O–H groups in total. The van der Waals surface area contributed by atoms with Gasteiger partial charge in [0.1, 0.15) is 23.7 Å². The molecule has 0 radical (unpaired) electrons. The number of nitrogens with zero attached hydrogens (tertiary/aromatic N) is 1. The van der Waals surface area contributed by atoms with E-state index in [1.54, 1.807) is 0 Å². The zero-order chi connectivity index (χ0) is 25.2. The van der Waals surface area contributed by atoms with Crippen LogP contribution < -0.4 is 19.1 Å². The summed E-state index contributed by atoms with van der Waals surface area (Å²) in [5, 5.41) is -0.307. The van der Waals surface area contributed by atoms with Crippen LogP contribution in [0.3, 0.4) is 0 Å². The van der Waals surface area contributed by atoms with Crippen LogP contribution in [0.15, 0.2) is 96.7 Å². The van der Waals surface area contributed by atoms with Gasteiger partial charge in [0.25, 0.3) is 0 Å². The van der Waals surface area contributed by atoms with Gasteiger partial charge in [-0.25, -0.2) is 0 Å². The fourth-order valence-corrected chi connectivity index (χ4v) is 6.85. The largest absolute Gasteiger partial charge is 0.490 e. The normalized spacial score (nSPS) is 19.6. The van der Waals surface area contributed by atoms with Crippen LogP contribution in [-0.4, -0.2) is 33.4 Å². The molecule has 36 heavy (non-hydrogen) atoms. The van der Waals surface area contributed by atoms with Gasteiger partial charge in [0.2, 0.25) is 0 Å². The van der Waals surface area contributed by atoms with Gasteiger partial charge in [-0.2, -0.15) is 12.3 Å². The quantitative estimate of drug-likeness (QED) is 0.376. The standard InChI is InChI=1S/C29H31N2O4S/c1-2-34-28-11-5-6-12-29(28)35-27-10-4-3-9-26(27)23-13-15-24(16-14-23)31(36(32,33)25-17-18-25)19-7-8-22(20-30)21-31/h3-16,21,25H,2,17-20,30H2,1H3/q+1. The highest BCUT2D eigenvalue weighted by atomic mass is 32.2. The van der Waals surface area contributed by atoms with Gasteiger partial charge in [0.05, 0.1) is 6.61 Å². The smallest absolute Gasteiger partial charge is 0.309 e. The minimum atomic E-state index is -3.47. The van der Waals surface area contributed by atoms with Gasteiger partial charge in [-0.15, -0.1) is 0 Å². The first-order valence-electron chi connectivity index (χ1n) is 12.3. The molecule has 0 amide bonds. The Balaban J connectivity index is 1.52. The van der Waals surface area contributed by atoms with E-state index in [1.165, 1.54) is 0 Å². The molecule has 5 rings (SSSR count). The van der Waals surface area contributed by atoms with Crippen molar-refractivity contribution in [2.45, 2.75) is 25.0 Å². The van der Waals surface area contributed by atoms with Crippen molar-refractivity contribution in [1.29, 1.82) is 0 Å². The van der Waals surface area contributed by atoms with Gasteiger partial charge in [0.15, 0.2) is 17.2 Å². The van der Waals surface area contributed by atoms with Gasteiger partial charge in [-0.1, -0.05) is 36.4 Å². The Morgan fingerprint density at radius 1 is 0.917 bits per heavy atom. The van der Waals surface area contributed by atoms with Crippen LogP contribution in [0.2, 0.25) is 0 Å². The predicted molar refractivity (Wildman–Crippen MR) is 144 cm³/mol. The third-order valence-electron chi connectivity index (χ3n) is 6.59. The molecule has 1 saturated carbocycles. The van der Waals surface area contributed by atoms with E-state index in [-0.39, 0.29) is 9.14 Å². The molecule has 0 aromatic heterocycles. The number of hydrogen-bond donors (Lipinski definition) is 1. The molecular formula is C29H31N2O4S+. The maximum absolute atomic E-state index is 13.7. The lowest BCUT2D eigenvalue weighted by atomic mass is 10.0. The van der Waals surface area contributed by atoms with Gasteiger partial charge < -0.3 is 15.2 Å². The van der Waals surface area contributed by atoms with Crippen molar-refractivity contribution in [3.05, 3.63) is 96.7 Å². The summed E-state index contributed by atoms with van der Waals surface area (Å²) in [6, 6.07) is 23.1. The molecule has 1 unspecified atom stereocenters. The van der Waals surface area contributed by atoms with Crippen molar-refractivity contribution in [1.82, 2.24) is 3.89 Å². The van der Waals surface area contributed by atoms with Crippen molar-refractivity contribution in [2.75, 3.05) is 19.7 Å². The van der Waals surface area contributed by atoms with Crippen LogP contribution in [0.5, 0.6) is 17.2 Å². The first kappa shape index (κ1) is 24.3. The summed E-state index contributed by atoms with van der Waals surface area (Å²) in [6.07, 6.45) is 7.06. The molecular weight excluding hydrogens is 472 g/mol. The van der Waals surface area contributed by atoms with Gasteiger partial charge in [0, 0.05) is 29.8 Å². The second kappa shape index (κ2) is 9.93. The summed E-state index contributed by atoms with van der Waals surface area (Å²) < 4.78 is 39.1. The van der Waals surface area contributed by atoms with Gasteiger partial charge in [-0.05, 0) is 61.7 Å². The van der Waals surface area contributed by atoms with Gasteiger partial charge >= 0.3 is 10.0 Å². The number of sulfonamides is 1. The zero-order valence-corrected chi connectivity index (χ0v) is 21.2. The fourth-order valence-electron chi connectivity index (χ4n) is 4.60. The second-order valence-electron chi connectivity index (χ2n) is 9.03. The van der Waals surface area contributed by atoms with E-state index in [4.69, 9.17) is 15.2 Å². The SMILES string of the molecule is CCOc1ccccc1Oc1ccccc1-c1ccc([N+]2(S(=O)(=O)C3CC3)C=C(CN)C=CC2)cc1. The third kappa shape index (κ3) is 4.46. The lowest BCUT2D eigenvalue weighted by molar-refractivity contribution is 0.321. The van der Waals surface area contributed by atoms with Crippen LogP contribution in [-0.2, 0) is 10.0 Å². The van der Waals surface area contributed by atoms with E-state index in [1.807, 2.05) is 98.1 Å². The molecule has 3 aromatic carbocycles. The molecule has 0 saturated heterocycles. The van der Waals surface area contributed by atoms with Crippen LogP contribution in [0.25, 0.3) is 11.1 Å². The Bertz CT molecular complexity index is 1410. The molecule has 1 aliphatic heterocycles. The van der Waals surface area contributed by atoms with E-state index in [2.05, 4.69) is 0 Å². The van der Waals surface area contributed by atoms with Crippen LogP contribution in [0, 0.1) is 0 Å². The Kier molecular flexibility index (Phi) is 6.71. The molecule has 0 spiro atoms. The van der Waals surface area contributed by atoms with E-state index >= 15 is 0 Å². The summed E-state index contributed by atoms with van der Waals surface area (Å²) >= 11 is 0. The molecule has 6 nitrogen and oxygen atoms in total. The van der Waals surface area contributed by atoms with E-state index in [0.717, 1.165) is 16.7 Å². The molecule has 1 atom stereocenters. The molecule has 186 valence electrons. The molecule has 2 aliphatic rings. The number of hydrogen-bond acceptors (Lipinski definition) is 5. The van der Waals surface area contributed by atoms with Gasteiger partial charge in [-0.3, -0.25) is 0 Å². The van der Waals surface area contributed by atoms with Crippen molar-refractivity contribution in [3.63, 3.8) is 0 Å². The minimum Gasteiger partial charge on any atom is -0.490 e. The van der Waals surface area contributed by atoms with Crippen LogP contribution in [0.4, 0.5) is 5.69 Å². The highest BCUT2D eigenvalue weighted by molar-refractivity contribution is 7.92. The predicted octanol–water partition coefficient (Wildman–Crippen LogP) is 5.76. The van der Waals surface area contributed by atoms with E-state index in [9.17, 15) is 8.42 Å². The minimum absolute atomic E-state index is 0.221. The fraction of sp³-hybridized carbons (Fsp3) is 0.241. The zero-order valence-electron chi connectivity index (χ0n) is 20.3.